The average molecular weight is 425 g/mol. The molecule has 0 aliphatic rings. The van der Waals surface area contributed by atoms with Gasteiger partial charge in [0.2, 0.25) is 11.9 Å². The first kappa shape index (κ1) is 19.2. The number of anilines is 2. The van der Waals surface area contributed by atoms with E-state index in [0.717, 1.165) is 16.8 Å². The van der Waals surface area contributed by atoms with Crippen molar-refractivity contribution < 1.29 is 0 Å². The van der Waals surface area contributed by atoms with E-state index in [9.17, 15) is 0 Å². The van der Waals surface area contributed by atoms with Crippen molar-refractivity contribution in [1.29, 1.82) is 0 Å². The van der Waals surface area contributed by atoms with E-state index in [1.165, 1.54) is 11.8 Å². The Balaban J connectivity index is 1.75. The Bertz CT molecular complexity index is 1140. The molecule has 0 fully saturated rings. The molecule has 0 saturated heterocycles. The number of halogens is 1. The molecular formula is C19H17ClN8S. The molecule has 4 rings (SSSR count). The summed E-state index contributed by atoms with van der Waals surface area (Å²) in [4.78, 5) is 12.0. The van der Waals surface area contributed by atoms with Gasteiger partial charge in [-0.05, 0) is 42.8 Å². The predicted octanol–water partition coefficient (Wildman–Crippen LogP) is 3.54. The zero-order chi connectivity index (χ0) is 20.4. The average Bonchev–Trinajstić information content (AvgIpc) is 3.10. The van der Waals surface area contributed by atoms with Crippen LogP contribution >= 0.6 is 23.4 Å². The first-order valence-corrected chi connectivity index (χ1v) is 10.0. The van der Waals surface area contributed by atoms with Gasteiger partial charge in [-0.25, -0.2) is 0 Å². The number of rotatable bonds is 5. The van der Waals surface area contributed by atoms with E-state index < -0.39 is 0 Å². The Morgan fingerprint density at radius 3 is 2.31 bits per heavy atom. The van der Waals surface area contributed by atoms with Gasteiger partial charge in [0.15, 0.2) is 11.0 Å². The van der Waals surface area contributed by atoms with Crippen molar-refractivity contribution in [3.05, 3.63) is 64.9 Å². The molecule has 0 radical (unpaired) electrons. The number of hydrogen-bond donors (Lipinski definition) is 2. The Morgan fingerprint density at radius 2 is 1.62 bits per heavy atom. The van der Waals surface area contributed by atoms with Crippen LogP contribution in [0.5, 0.6) is 0 Å². The number of nitrogens with two attached hydrogens (primary N) is 2. The van der Waals surface area contributed by atoms with E-state index >= 15 is 0 Å². The van der Waals surface area contributed by atoms with E-state index in [4.69, 9.17) is 23.1 Å². The van der Waals surface area contributed by atoms with Crippen LogP contribution in [-0.4, -0.2) is 29.7 Å². The number of para-hydroxylation sites is 1. The van der Waals surface area contributed by atoms with Crippen LogP contribution in [0.15, 0.2) is 53.7 Å². The monoisotopic (exact) mass is 424 g/mol. The van der Waals surface area contributed by atoms with Gasteiger partial charge in [-0.15, -0.1) is 10.2 Å². The Labute approximate surface area is 176 Å². The van der Waals surface area contributed by atoms with Crippen molar-refractivity contribution in [1.82, 2.24) is 29.7 Å². The van der Waals surface area contributed by atoms with E-state index in [1.807, 2.05) is 60.0 Å². The number of benzene rings is 2. The molecule has 0 saturated carbocycles. The fourth-order valence-corrected chi connectivity index (χ4v) is 3.76. The smallest absolute Gasteiger partial charge is 0.225 e. The SMILES string of the molecule is Cc1ccccc1-n1c(SCc2nc(N)nc(N)n2)nnc1-c1ccc(Cl)cc1. The Hall–Kier alpha value is -3.17. The van der Waals surface area contributed by atoms with Crippen LogP contribution in [-0.2, 0) is 5.75 Å². The van der Waals surface area contributed by atoms with Crippen LogP contribution in [0.1, 0.15) is 11.4 Å². The maximum Gasteiger partial charge on any atom is 0.225 e. The molecule has 29 heavy (non-hydrogen) atoms. The number of nitrogen functional groups attached to an aromatic ring is 2. The summed E-state index contributed by atoms with van der Waals surface area (Å²) in [7, 11) is 0. The molecule has 0 bridgehead atoms. The minimum atomic E-state index is 0.0929. The van der Waals surface area contributed by atoms with Gasteiger partial charge in [-0.3, -0.25) is 4.57 Å². The van der Waals surface area contributed by atoms with Crippen molar-refractivity contribution in [2.75, 3.05) is 11.5 Å². The first-order chi connectivity index (χ1) is 14.0. The van der Waals surface area contributed by atoms with Gasteiger partial charge >= 0.3 is 0 Å². The minimum Gasteiger partial charge on any atom is -0.368 e. The van der Waals surface area contributed by atoms with Crippen molar-refractivity contribution in [2.24, 2.45) is 0 Å². The van der Waals surface area contributed by atoms with Crippen LogP contribution in [0.25, 0.3) is 17.1 Å². The molecule has 0 amide bonds. The molecule has 2 heterocycles. The van der Waals surface area contributed by atoms with Crippen molar-refractivity contribution in [2.45, 2.75) is 17.8 Å². The van der Waals surface area contributed by atoms with E-state index in [0.29, 0.717) is 27.6 Å². The molecule has 2 aromatic heterocycles. The van der Waals surface area contributed by atoms with Crippen LogP contribution in [0, 0.1) is 6.92 Å². The molecule has 0 unspecified atom stereocenters. The van der Waals surface area contributed by atoms with Crippen LogP contribution in [0.2, 0.25) is 5.02 Å². The van der Waals surface area contributed by atoms with E-state index in [1.54, 1.807) is 0 Å². The summed E-state index contributed by atoms with van der Waals surface area (Å²) in [6.45, 7) is 2.04. The molecule has 0 aliphatic heterocycles. The summed E-state index contributed by atoms with van der Waals surface area (Å²) < 4.78 is 2.01. The topological polar surface area (TPSA) is 121 Å². The van der Waals surface area contributed by atoms with Gasteiger partial charge in [0.05, 0.1) is 11.4 Å². The van der Waals surface area contributed by atoms with Crippen LogP contribution in [0.3, 0.4) is 0 Å². The molecule has 0 atom stereocenters. The van der Waals surface area contributed by atoms with Crippen molar-refractivity contribution in [3.63, 3.8) is 0 Å². The lowest BCUT2D eigenvalue weighted by Crippen LogP contribution is -2.06. The number of aryl methyl sites for hydroxylation is 1. The highest BCUT2D eigenvalue weighted by molar-refractivity contribution is 7.98. The molecule has 2 aromatic carbocycles. The van der Waals surface area contributed by atoms with Gasteiger partial charge in [-0.1, -0.05) is 41.6 Å². The van der Waals surface area contributed by atoms with Crippen molar-refractivity contribution >= 4 is 35.3 Å². The lowest BCUT2D eigenvalue weighted by Gasteiger charge is -2.13. The summed E-state index contributed by atoms with van der Waals surface area (Å²) in [6, 6.07) is 15.5. The molecule has 0 aliphatic carbocycles. The van der Waals surface area contributed by atoms with E-state index in [2.05, 4.69) is 25.1 Å². The Morgan fingerprint density at radius 1 is 0.931 bits per heavy atom. The summed E-state index contributed by atoms with van der Waals surface area (Å²) in [6.07, 6.45) is 0. The molecule has 0 spiro atoms. The summed E-state index contributed by atoms with van der Waals surface area (Å²) >= 11 is 7.48. The summed E-state index contributed by atoms with van der Waals surface area (Å²) in [5.41, 5.74) is 14.3. The molecule has 146 valence electrons. The number of aromatic nitrogens is 6. The third-order valence-corrected chi connectivity index (χ3v) is 5.32. The number of hydrogen-bond acceptors (Lipinski definition) is 8. The third kappa shape index (κ3) is 4.15. The van der Waals surface area contributed by atoms with Crippen molar-refractivity contribution in [3.8, 4) is 17.1 Å². The second-order valence-corrected chi connectivity index (χ2v) is 7.57. The largest absolute Gasteiger partial charge is 0.368 e. The van der Waals surface area contributed by atoms with Crippen LogP contribution in [0.4, 0.5) is 11.9 Å². The molecule has 4 aromatic rings. The fourth-order valence-electron chi connectivity index (χ4n) is 2.83. The van der Waals surface area contributed by atoms with Gasteiger partial charge in [0.1, 0.15) is 5.82 Å². The number of thioether (sulfide) groups is 1. The minimum absolute atomic E-state index is 0.0929. The van der Waals surface area contributed by atoms with Gasteiger partial charge in [-0.2, -0.15) is 15.0 Å². The zero-order valence-corrected chi connectivity index (χ0v) is 17.0. The summed E-state index contributed by atoms with van der Waals surface area (Å²) in [5, 5.41) is 10.2. The fraction of sp³-hybridized carbons (Fsp3) is 0.105. The second kappa shape index (κ2) is 8.06. The predicted molar refractivity (Wildman–Crippen MR) is 115 cm³/mol. The zero-order valence-electron chi connectivity index (χ0n) is 15.5. The second-order valence-electron chi connectivity index (χ2n) is 6.19. The maximum atomic E-state index is 6.04. The van der Waals surface area contributed by atoms with Crippen LogP contribution < -0.4 is 11.5 Å². The lowest BCUT2D eigenvalue weighted by atomic mass is 10.1. The molecule has 8 nitrogen and oxygen atoms in total. The van der Waals surface area contributed by atoms with Gasteiger partial charge in [0.25, 0.3) is 0 Å². The third-order valence-electron chi connectivity index (χ3n) is 4.14. The highest BCUT2D eigenvalue weighted by atomic mass is 35.5. The molecule has 4 N–H and O–H groups in total. The number of nitrogens with zero attached hydrogens (tertiary/aromatic N) is 6. The van der Waals surface area contributed by atoms with Gasteiger partial charge < -0.3 is 11.5 Å². The molecule has 10 heteroatoms. The first-order valence-electron chi connectivity index (χ1n) is 8.67. The highest BCUT2D eigenvalue weighted by Gasteiger charge is 2.18. The standard InChI is InChI=1S/C19H17ClN8S/c1-11-4-2-3-5-14(11)28-16(12-6-8-13(20)9-7-12)26-27-19(28)29-10-15-23-17(21)25-18(22)24-15/h2-9H,10H2,1H3,(H4,21,22,23,24,25). The highest BCUT2D eigenvalue weighted by Crippen LogP contribution is 2.31. The molecular weight excluding hydrogens is 408 g/mol. The van der Waals surface area contributed by atoms with Gasteiger partial charge in [0, 0.05) is 10.6 Å². The maximum absolute atomic E-state index is 6.04. The lowest BCUT2D eigenvalue weighted by molar-refractivity contribution is 0.877. The summed E-state index contributed by atoms with van der Waals surface area (Å²) in [5.74, 6) is 1.80. The van der Waals surface area contributed by atoms with E-state index in [-0.39, 0.29) is 11.9 Å². The Kier molecular flexibility index (Phi) is 5.32. The normalized spacial score (nSPS) is 11.0. The quantitative estimate of drug-likeness (QED) is 0.466.